The largest absolute Gasteiger partial charge is 0.303 e. The van der Waals surface area contributed by atoms with Crippen LogP contribution in [0.2, 0.25) is 0 Å². The minimum atomic E-state index is 0.324. The molecule has 0 bridgehead atoms. The maximum atomic E-state index is 10.6. The quantitative estimate of drug-likeness (QED) is 0.333. The van der Waals surface area contributed by atoms with Gasteiger partial charge in [0.25, 0.3) is 0 Å². The van der Waals surface area contributed by atoms with E-state index in [1.54, 1.807) is 0 Å². The van der Waals surface area contributed by atoms with Crippen LogP contribution in [0.25, 0.3) is 0 Å². The molecule has 0 spiro atoms. The molecule has 96 valence electrons. The summed E-state index contributed by atoms with van der Waals surface area (Å²) < 4.78 is 0. The van der Waals surface area contributed by atoms with Crippen LogP contribution in [0, 0.1) is 5.92 Å². The van der Waals surface area contributed by atoms with Gasteiger partial charge in [0, 0.05) is 5.92 Å². The first-order valence-electron chi connectivity index (χ1n) is 7.30. The number of hydrogen-bond donors (Lipinski definition) is 0. The smallest absolute Gasteiger partial charge is 0.123 e. The third kappa shape index (κ3) is 10.2. The van der Waals surface area contributed by atoms with Crippen molar-refractivity contribution in [3.05, 3.63) is 0 Å². The summed E-state index contributed by atoms with van der Waals surface area (Å²) in [5, 5.41) is 0. The van der Waals surface area contributed by atoms with E-state index in [0.717, 1.165) is 19.1 Å². The first-order chi connectivity index (χ1) is 7.85. The van der Waals surface area contributed by atoms with Crippen molar-refractivity contribution in [3.8, 4) is 0 Å². The zero-order chi connectivity index (χ0) is 12.1. The molecule has 1 nitrogen and oxygen atoms in total. The number of carbonyl (C=O) groups excluding carboxylic acids is 1. The van der Waals surface area contributed by atoms with Crippen LogP contribution in [-0.2, 0) is 4.79 Å². The van der Waals surface area contributed by atoms with Crippen molar-refractivity contribution in [2.75, 3.05) is 0 Å². The lowest BCUT2D eigenvalue weighted by atomic mass is 9.99. The predicted octanol–water partition coefficient (Wildman–Crippen LogP) is 5.13. The van der Waals surface area contributed by atoms with Crippen LogP contribution >= 0.6 is 0 Å². The average Bonchev–Trinajstić information content (AvgIpc) is 2.32. The molecular weight excluding hydrogens is 196 g/mol. The topological polar surface area (TPSA) is 17.1 Å². The summed E-state index contributed by atoms with van der Waals surface area (Å²) in [6.45, 7) is 4.37. The summed E-state index contributed by atoms with van der Waals surface area (Å²) in [5.74, 6) is 0.324. The second-order valence-corrected chi connectivity index (χ2v) is 4.92. The molecule has 0 aliphatic rings. The Hall–Kier alpha value is -0.330. The summed E-state index contributed by atoms with van der Waals surface area (Å²) in [7, 11) is 0. The third-order valence-corrected chi connectivity index (χ3v) is 3.40. The summed E-state index contributed by atoms with van der Waals surface area (Å²) in [6.07, 6.45) is 15.5. The van der Waals surface area contributed by atoms with E-state index in [2.05, 4.69) is 13.8 Å². The van der Waals surface area contributed by atoms with Crippen molar-refractivity contribution >= 4 is 6.29 Å². The van der Waals surface area contributed by atoms with Gasteiger partial charge in [-0.05, 0) is 12.8 Å². The van der Waals surface area contributed by atoms with Crippen LogP contribution in [-0.4, -0.2) is 6.29 Å². The normalized spacial score (nSPS) is 12.6. The van der Waals surface area contributed by atoms with Crippen LogP contribution in [0.3, 0.4) is 0 Å². The second-order valence-electron chi connectivity index (χ2n) is 4.92. The molecule has 0 aliphatic carbocycles. The first-order valence-corrected chi connectivity index (χ1v) is 7.30. The Morgan fingerprint density at radius 2 is 1.31 bits per heavy atom. The Kier molecular flexibility index (Phi) is 12.5. The van der Waals surface area contributed by atoms with E-state index in [4.69, 9.17) is 0 Å². The summed E-state index contributed by atoms with van der Waals surface area (Å²) in [4.78, 5) is 10.6. The van der Waals surface area contributed by atoms with Crippen molar-refractivity contribution in [1.82, 2.24) is 0 Å². The molecule has 1 heteroatoms. The summed E-state index contributed by atoms with van der Waals surface area (Å²) in [6, 6.07) is 0. The SMILES string of the molecule is CCCCCCCCCCCC(C=O)CC. The predicted molar refractivity (Wildman–Crippen MR) is 71.7 cm³/mol. The molecule has 1 unspecified atom stereocenters. The molecule has 0 amide bonds. The highest BCUT2D eigenvalue weighted by Gasteiger charge is 2.02. The Morgan fingerprint density at radius 1 is 0.812 bits per heavy atom. The van der Waals surface area contributed by atoms with E-state index in [1.807, 2.05) is 0 Å². The van der Waals surface area contributed by atoms with Crippen LogP contribution < -0.4 is 0 Å². The summed E-state index contributed by atoms with van der Waals surface area (Å²) >= 11 is 0. The van der Waals surface area contributed by atoms with Gasteiger partial charge in [0.05, 0.1) is 0 Å². The van der Waals surface area contributed by atoms with Gasteiger partial charge in [0.15, 0.2) is 0 Å². The molecule has 0 radical (unpaired) electrons. The zero-order valence-corrected chi connectivity index (χ0v) is 11.3. The molecule has 0 rings (SSSR count). The monoisotopic (exact) mass is 226 g/mol. The molecule has 0 aromatic carbocycles. The van der Waals surface area contributed by atoms with Gasteiger partial charge >= 0.3 is 0 Å². The molecule has 0 aromatic rings. The van der Waals surface area contributed by atoms with Gasteiger partial charge in [0.1, 0.15) is 6.29 Å². The van der Waals surface area contributed by atoms with Crippen LogP contribution in [0.1, 0.15) is 84.5 Å². The lowest BCUT2D eigenvalue weighted by Gasteiger charge is -2.06. The Morgan fingerprint density at radius 3 is 1.75 bits per heavy atom. The van der Waals surface area contributed by atoms with Gasteiger partial charge < -0.3 is 4.79 Å². The molecule has 0 N–H and O–H groups in total. The number of rotatable bonds is 12. The molecular formula is C15H30O. The van der Waals surface area contributed by atoms with Gasteiger partial charge in [-0.15, -0.1) is 0 Å². The maximum Gasteiger partial charge on any atom is 0.123 e. The minimum absolute atomic E-state index is 0.324. The standard InChI is InChI=1S/C15H30O/c1-3-5-6-7-8-9-10-11-12-13-15(4-2)14-16/h14-15H,3-13H2,1-2H3. The molecule has 0 aliphatic heterocycles. The average molecular weight is 226 g/mol. The first kappa shape index (κ1) is 15.7. The highest BCUT2D eigenvalue weighted by Crippen LogP contribution is 2.14. The van der Waals surface area contributed by atoms with E-state index in [-0.39, 0.29) is 0 Å². The third-order valence-electron chi connectivity index (χ3n) is 3.40. The van der Waals surface area contributed by atoms with E-state index in [0.29, 0.717) is 5.92 Å². The van der Waals surface area contributed by atoms with E-state index < -0.39 is 0 Å². The molecule has 0 saturated heterocycles. The highest BCUT2D eigenvalue weighted by molar-refractivity contribution is 5.53. The van der Waals surface area contributed by atoms with Gasteiger partial charge in [-0.1, -0.05) is 71.6 Å². The fourth-order valence-corrected chi connectivity index (χ4v) is 2.09. The van der Waals surface area contributed by atoms with Gasteiger partial charge in [-0.2, -0.15) is 0 Å². The number of unbranched alkanes of at least 4 members (excludes halogenated alkanes) is 8. The Labute approximate surface area is 102 Å². The number of carbonyl (C=O) groups is 1. The highest BCUT2D eigenvalue weighted by atomic mass is 16.1. The number of aldehydes is 1. The van der Waals surface area contributed by atoms with Crippen molar-refractivity contribution < 1.29 is 4.79 Å². The lowest BCUT2D eigenvalue weighted by molar-refractivity contribution is -0.111. The van der Waals surface area contributed by atoms with E-state index in [1.165, 1.54) is 57.8 Å². The zero-order valence-electron chi connectivity index (χ0n) is 11.3. The maximum absolute atomic E-state index is 10.6. The van der Waals surface area contributed by atoms with Crippen molar-refractivity contribution in [1.29, 1.82) is 0 Å². The van der Waals surface area contributed by atoms with Crippen LogP contribution in [0.5, 0.6) is 0 Å². The lowest BCUT2D eigenvalue weighted by Crippen LogP contribution is -1.99. The molecule has 0 fully saturated rings. The Balaban J connectivity index is 3.06. The van der Waals surface area contributed by atoms with Crippen molar-refractivity contribution in [2.45, 2.75) is 84.5 Å². The van der Waals surface area contributed by atoms with Gasteiger partial charge in [0.2, 0.25) is 0 Å². The van der Waals surface area contributed by atoms with E-state index in [9.17, 15) is 4.79 Å². The van der Waals surface area contributed by atoms with Crippen LogP contribution in [0.15, 0.2) is 0 Å². The minimum Gasteiger partial charge on any atom is -0.303 e. The Bertz CT molecular complexity index is 142. The van der Waals surface area contributed by atoms with Gasteiger partial charge in [-0.25, -0.2) is 0 Å². The second kappa shape index (κ2) is 12.7. The fourth-order valence-electron chi connectivity index (χ4n) is 2.09. The van der Waals surface area contributed by atoms with Crippen molar-refractivity contribution in [3.63, 3.8) is 0 Å². The molecule has 16 heavy (non-hydrogen) atoms. The number of hydrogen-bond acceptors (Lipinski definition) is 1. The fraction of sp³-hybridized carbons (Fsp3) is 0.933. The van der Waals surface area contributed by atoms with Crippen molar-refractivity contribution in [2.24, 2.45) is 5.92 Å². The molecule has 0 aromatic heterocycles. The molecule has 0 heterocycles. The van der Waals surface area contributed by atoms with Gasteiger partial charge in [-0.3, -0.25) is 0 Å². The van der Waals surface area contributed by atoms with E-state index >= 15 is 0 Å². The summed E-state index contributed by atoms with van der Waals surface area (Å²) in [5.41, 5.74) is 0. The van der Waals surface area contributed by atoms with Crippen LogP contribution in [0.4, 0.5) is 0 Å². The molecule has 1 atom stereocenters. The molecule has 0 saturated carbocycles.